The Balaban J connectivity index is 2.73. The summed E-state index contributed by atoms with van der Waals surface area (Å²) in [5, 5.41) is 16.0. The van der Waals surface area contributed by atoms with Gasteiger partial charge in [0.1, 0.15) is 11.6 Å². The molecule has 2 N–H and O–H groups in total. The zero-order valence-electron chi connectivity index (χ0n) is 14.6. The average Bonchev–Trinajstić information content (AvgIpc) is 2.50. The molecule has 1 rings (SSSR count). The molecule has 8 heteroatoms. The van der Waals surface area contributed by atoms with E-state index in [-0.39, 0.29) is 18.7 Å². The molecule has 25 heavy (non-hydrogen) atoms. The van der Waals surface area contributed by atoms with Gasteiger partial charge < -0.3 is 15.4 Å². The van der Waals surface area contributed by atoms with Crippen LogP contribution in [-0.2, 0) is 16.1 Å². The van der Waals surface area contributed by atoms with Crippen LogP contribution in [0.15, 0.2) is 36.9 Å². The van der Waals surface area contributed by atoms with Crippen molar-refractivity contribution >= 4 is 17.7 Å². The van der Waals surface area contributed by atoms with E-state index in [4.69, 9.17) is 4.74 Å². The van der Waals surface area contributed by atoms with Crippen molar-refractivity contribution in [1.29, 1.82) is 0 Å². The van der Waals surface area contributed by atoms with Gasteiger partial charge in [-0.2, -0.15) is 0 Å². The van der Waals surface area contributed by atoms with Gasteiger partial charge in [0.2, 0.25) is 5.91 Å². The summed E-state index contributed by atoms with van der Waals surface area (Å²) >= 11 is 0. The van der Waals surface area contributed by atoms with Gasteiger partial charge in [0, 0.05) is 18.2 Å². The second-order valence-corrected chi connectivity index (χ2v) is 6.33. The highest BCUT2D eigenvalue weighted by Gasteiger charge is 2.24. The number of hydrogen-bond donors (Lipinski definition) is 2. The zero-order valence-corrected chi connectivity index (χ0v) is 14.6. The summed E-state index contributed by atoms with van der Waals surface area (Å²) in [6.45, 7) is 8.67. The standard InChI is InChI=1S/C17H23N3O5/c1-5-8-13(19-16(22)25-17(2,3)4)15(21)18-11-12-9-6-7-10-14(12)20(23)24/h5-7,9-10,13H,1,8,11H2,2-4H3,(H,18,21)(H,19,22)/t13-/m0/s1. The Morgan fingerprint density at radius 2 is 2.00 bits per heavy atom. The van der Waals surface area contributed by atoms with E-state index in [1.807, 2.05) is 0 Å². The van der Waals surface area contributed by atoms with E-state index >= 15 is 0 Å². The Labute approximate surface area is 146 Å². The summed E-state index contributed by atoms with van der Waals surface area (Å²) < 4.78 is 5.12. The highest BCUT2D eigenvalue weighted by Crippen LogP contribution is 2.17. The molecule has 0 saturated heterocycles. The number of amides is 2. The van der Waals surface area contributed by atoms with Crippen molar-refractivity contribution in [1.82, 2.24) is 10.6 Å². The monoisotopic (exact) mass is 349 g/mol. The van der Waals surface area contributed by atoms with Gasteiger partial charge in [0.15, 0.2) is 0 Å². The summed E-state index contributed by atoms with van der Waals surface area (Å²) in [6, 6.07) is 5.24. The predicted octanol–water partition coefficient (Wildman–Crippen LogP) is 2.68. The van der Waals surface area contributed by atoms with Crippen molar-refractivity contribution in [2.45, 2.75) is 45.4 Å². The van der Waals surface area contributed by atoms with Crippen LogP contribution in [0.4, 0.5) is 10.5 Å². The molecule has 0 fully saturated rings. The second kappa shape index (κ2) is 8.81. The Morgan fingerprint density at radius 3 is 2.56 bits per heavy atom. The summed E-state index contributed by atoms with van der Waals surface area (Å²) in [4.78, 5) is 34.6. The summed E-state index contributed by atoms with van der Waals surface area (Å²) in [6.07, 6.45) is 0.967. The summed E-state index contributed by atoms with van der Waals surface area (Å²) in [5.41, 5.74) is -0.400. The molecular formula is C17H23N3O5. The molecule has 2 amide bonds. The molecular weight excluding hydrogens is 326 g/mol. The van der Waals surface area contributed by atoms with Crippen LogP contribution in [0.1, 0.15) is 32.8 Å². The lowest BCUT2D eigenvalue weighted by Gasteiger charge is -2.22. The average molecular weight is 349 g/mol. The Bertz CT molecular complexity index is 652. The zero-order chi connectivity index (χ0) is 19.0. The van der Waals surface area contributed by atoms with Crippen LogP contribution < -0.4 is 10.6 Å². The fourth-order valence-corrected chi connectivity index (χ4v) is 1.99. The number of nitro benzene ring substituents is 1. The van der Waals surface area contributed by atoms with Crippen LogP contribution >= 0.6 is 0 Å². The highest BCUT2D eigenvalue weighted by atomic mass is 16.6. The molecule has 0 saturated carbocycles. The van der Waals surface area contributed by atoms with Gasteiger partial charge in [-0.1, -0.05) is 24.3 Å². The Morgan fingerprint density at radius 1 is 1.36 bits per heavy atom. The van der Waals surface area contributed by atoms with Crippen molar-refractivity contribution in [2.24, 2.45) is 0 Å². The number of carbonyl (C=O) groups is 2. The fourth-order valence-electron chi connectivity index (χ4n) is 1.99. The van der Waals surface area contributed by atoms with E-state index in [9.17, 15) is 19.7 Å². The predicted molar refractivity (Wildman–Crippen MR) is 92.9 cm³/mol. The number of nitrogens with zero attached hydrogens (tertiary/aromatic N) is 1. The number of carbonyl (C=O) groups excluding carboxylic acids is 2. The van der Waals surface area contributed by atoms with Gasteiger partial charge in [-0.15, -0.1) is 6.58 Å². The fraction of sp³-hybridized carbons (Fsp3) is 0.412. The van der Waals surface area contributed by atoms with E-state index in [1.54, 1.807) is 39.0 Å². The maximum atomic E-state index is 12.3. The van der Waals surface area contributed by atoms with Crippen LogP contribution in [-0.4, -0.2) is 28.6 Å². The lowest BCUT2D eigenvalue weighted by atomic mass is 10.1. The molecule has 8 nitrogen and oxygen atoms in total. The minimum Gasteiger partial charge on any atom is -0.444 e. The number of para-hydroxylation sites is 1. The van der Waals surface area contributed by atoms with E-state index < -0.39 is 28.6 Å². The number of rotatable bonds is 7. The number of ether oxygens (including phenoxy) is 1. The third kappa shape index (κ3) is 7.03. The minimum absolute atomic E-state index is 0.0281. The molecule has 136 valence electrons. The maximum Gasteiger partial charge on any atom is 0.408 e. The molecule has 0 heterocycles. The smallest absolute Gasteiger partial charge is 0.408 e. The third-order valence-electron chi connectivity index (χ3n) is 3.05. The van der Waals surface area contributed by atoms with Gasteiger partial charge >= 0.3 is 6.09 Å². The molecule has 0 unspecified atom stereocenters. The second-order valence-electron chi connectivity index (χ2n) is 6.33. The molecule has 1 aromatic rings. The summed E-state index contributed by atoms with van der Waals surface area (Å²) in [5.74, 6) is -0.482. The van der Waals surface area contributed by atoms with Crippen molar-refractivity contribution in [2.75, 3.05) is 0 Å². The molecule has 0 aliphatic carbocycles. The highest BCUT2D eigenvalue weighted by molar-refractivity contribution is 5.85. The third-order valence-corrected chi connectivity index (χ3v) is 3.05. The molecule has 0 spiro atoms. The minimum atomic E-state index is -0.880. The van der Waals surface area contributed by atoms with Crippen LogP contribution in [0.25, 0.3) is 0 Å². The van der Waals surface area contributed by atoms with E-state index in [2.05, 4.69) is 17.2 Å². The van der Waals surface area contributed by atoms with E-state index in [0.717, 1.165) is 0 Å². The lowest BCUT2D eigenvalue weighted by Crippen LogP contribution is -2.47. The first-order chi connectivity index (χ1) is 11.6. The number of hydrogen-bond acceptors (Lipinski definition) is 5. The van der Waals surface area contributed by atoms with Gasteiger partial charge in [-0.25, -0.2) is 4.79 Å². The van der Waals surface area contributed by atoms with E-state index in [0.29, 0.717) is 5.56 Å². The number of alkyl carbamates (subject to hydrolysis) is 1. The SMILES string of the molecule is C=CC[C@H](NC(=O)OC(C)(C)C)C(=O)NCc1ccccc1[N+](=O)[O-]. The number of nitro groups is 1. The number of benzene rings is 1. The van der Waals surface area contributed by atoms with Gasteiger partial charge in [-0.05, 0) is 27.2 Å². The Hall–Kier alpha value is -2.90. The van der Waals surface area contributed by atoms with Crippen LogP contribution in [0, 0.1) is 10.1 Å². The first-order valence-electron chi connectivity index (χ1n) is 7.74. The van der Waals surface area contributed by atoms with Gasteiger partial charge in [-0.3, -0.25) is 14.9 Å². The van der Waals surface area contributed by atoms with Crippen molar-refractivity contribution in [3.63, 3.8) is 0 Å². The van der Waals surface area contributed by atoms with Crippen LogP contribution in [0.5, 0.6) is 0 Å². The number of nitrogens with one attached hydrogen (secondary N) is 2. The first kappa shape index (κ1) is 20.1. The van der Waals surface area contributed by atoms with Gasteiger partial charge in [0.05, 0.1) is 4.92 Å². The maximum absolute atomic E-state index is 12.3. The normalized spacial score (nSPS) is 12.0. The molecule has 0 aliphatic rings. The molecule has 0 aliphatic heterocycles. The van der Waals surface area contributed by atoms with E-state index in [1.165, 1.54) is 12.1 Å². The van der Waals surface area contributed by atoms with Crippen LogP contribution in [0.3, 0.4) is 0 Å². The quantitative estimate of drug-likeness (QED) is 0.447. The van der Waals surface area contributed by atoms with Gasteiger partial charge in [0.25, 0.3) is 5.69 Å². The molecule has 1 atom stereocenters. The molecule has 1 aromatic carbocycles. The molecule has 0 radical (unpaired) electrons. The summed E-state index contributed by atoms with van der Waals surface area (Å²) in [7, 11) is 0. The topological polar surface area (TPSA) is 111 Å². The molecule has 0 aromatic heterocycles. The molecule has 0 bridgehead atoms. The largest absolute Gasteiger partial charge is 0.444 e. The van der Waals surface area contributed by atoms with Crippen molar-refractivity contribution in [3.05, 3.63) is 52.6 Å². The first-order valence-corrected chi connectivity index (χ1v) is 7.74. The Kier molecular flexibility index (Phi) is 7.10. The lowest BCUT2D eigenvalue weighted by molar-refractivity contribution is -0.385. The van der Waals surface area contributed by atoms with Crippen molar-refractivity contribution < 1.29 is 19.2 Å². The van der Waals surface area contributed by atoms with Crippen LogP contribution in [0.2, 0.25) is 0 Å². The van der Waals surface area contributed by atoms with Crippen molar-refractivity contribution in [3.8, 4) is 0 Å².